The molecule has 0 fully saturated rings. The summed E-state index contributed by atoms with van der Waals surface area (Å²) in [6.45, 7) is 2.03. The van der Waals surface area contributed by atoms with Crippen molar-refractivity contribution in [3.05, 3.63) is 60.0 Å². The first kappa shape index (κ1) is 13.7. The zero-order chi connectivity index (χ0) is 14.7. The summed E-state index contributed by atoms with van der Waals surface area (Å²) in [5.74, 6) is 1.99. The Hall–Kier alpha value is -2.27. The summed E-state index contributed by atoms with van der Waals surface area (Å²) >= 11 is 1.59. The molecule has 0 unspecified atom stereocenters. The summed E-state index contributed by atoms with van der Waals surface area (Å²) in [6.07, 6.45) is 0. The van der Waals surface area contributed by atoms with Crippen molar-refractivity contribution in [3.8, 4) is 17.2 Å². The minimum Gasteiger partial charge on any atom is -0.508 e. The number of aromatic nitrogens is 2. The van der Waals surface area contributed by atoms with Gasteiger partial charge >= 0.3 is 0 Å². The third-order valence-electron chi connectivity index (χ3n) is 2.93. The van der Waals surface area contributed by atoms with Crippen LogP contribution in [0.5, 0.6) is 5.75 Å². The number of aromatic hydroxyl groups is 1. The van der Waals surface area contributed by atoms with E-state index in [1.807, 2.05) is 43.3 Å². The molecule has 2 aromatic carbocycles. The summed E-state index contributed by atoms with van der Waals surface area (Å²) in [5, 5.41) is 17.4. The van der Waals surface area contributed by atoms with Gasteiger partial charge in [0, 0.05) is 10.5 Å². The average molecular weight is 298 g/mol. The normalized spacial score (nSPS) is 10.7. The highest BCUT2D eigenvalue weighted by molar-refractivity contribution is 7.98. The van der Waals surface area contributed by atoms with E-state index < -0.39 is 0 Å². The van der Waals surface area contributed by atoms with E-state index in [1.54, 1.807) is 23.9 Å². The number of rotatable bonds is 4. The van der Waals surface area contributed by atoms with Gasteiger partial charge in [0.25, 0.3) is 0 Å². The molecule has 0 saturated carbocycles. The average Bonchev–Trinajstić information content (AvgIpc) is 2.96. The molecule has 1 heterocycles. The zero-order valence-corrected chi connectivity index (χ0v) is 12.3. The maximum absolute atomic E-state index is 9.24. The number of benzene rings is 2. The molecule has 1 N–H and O–H groups in total. The van der Waals surface area contributed by atoms with Crippen LogP contribution in [0.15, 0.2) is 57.8 Å². The van der Waals surface area contributed by atoms with Crippen LogP contribution in [0.1, 0.15) is 11.5 Å². The number of hydrogen-bond donors (Lipinski definition) is 1. The van der Waals surface area contributed by atoms with Crippen molar-refractivity contribution in [1.29, 1.82) is 0 Å². The highest BCUT2D eigenvalue weighted by Gasteiger charge is 2.09. The fourth-order valence-corrected chi connectivity index (χ4v) is 2.63. The van der Waals surface area contributed by atoms with Crippen molar-refractivity contribution in [1.82, 2.24) is 10.2 Å². The lowest BCUT2D eigenvalue weighted by Crippen LogP contribution is -1.80. The Balaban J connectivity index is 1.69. The van der Waals surface area contributed by atoms with Gasteiger partial charge in [0.05, 0.1) is 5.75 Å². The van der Waals surface area contributed by atoms with Gasteiger partial charge in [-0.15, -0.1) is 22.0 Å². The minimum absolute atomic E-state index is 0.263. The fourth-order valence-electron chi connectivity index (χ4n) is 1.89. The first-order valence-corrected chi connectivity index (χ1v) is 7.50. The molecule has 3 rings (SSSR count). The lowest BCUT2D eigenvalue weighted by molar-refractivity contribution is 0.475. The van der Waals surface area contributed by atoms with Crippen molar-refractivity contribution in [3.63, 3.8) is 0 Å². The monoisotopic (exact) mass is 298 g/mol. The Bertz CT molecular complexity index is 738. The Morgan fingerprint density at radius 2 is 1.90 bits per heavy atom. The van der Waals surface area contributed by atoms with Crippen LogP contribution < -0.4 is 0 Å². The van der Waals surface area contributed by atoms with Crippen LogP contribution in [0.25, 0.3) is 11.5 Å². The first-order valence-electron chi connectivity index (χ1n) is 6.52. The molecule has 0 aliphatic carbocycles. The van der Waals surface area contributed by atoms with Crippen LogP contribution in [0.2, 0.25) is 0 Å². The summed E-state index contributed by atoms with van der Waals surface area (Å²) in [7, 11) is 0. The second kappa shape index (κ2) is 6.01. The van der Waals surface area contributed by atoms with E-state index in [2.05, 4.69) is 10.2 Å². The molecule has 0 amide bonds. The van der Waals surface area contributed by atoms with E-state index >= 15 is 0 Å². The van der Waals surface area contributed by atoms with E-state index in [0.29, 0.717) is 17.5 Å². The molecule has 0 atom stereocenters. The number of nitrogens with zero attached hydrogens (tertiary/aromatic N) is 2. The highest BCUT2D eigenvalue weighted by atomic mass is 32.2. The number of hydrogen-bond acceptors (Lipinski definition) is 5. The molecule has 3 aromatic rings. The topological polar surface area (TPSA) is 59.2 Å². The molecular weight excluding hydrogens is 284 g/mol. The highest BCUT2D eigenvalue weighted by Crippen LogP contribution is 2.26. The van der Waals surface area contributed by atoms with Crippen LogP contribution in [0.3, 0.4) is 0 Å². The molecule has 0 aliphatic rings. The summed E-state index contributed by atoms with van der Waals surface area (Å²) in [4.78, 5) is 1.04. The second-order valence-corrected chi connectivity index (χ2v) is 5.70. The third kappa shape index (κ3) is 3.44. The number of phenolic OH excluding ortho intramolecular Hbond substituents is 1. The molecule has 0 saturated heterocycles. The molecular formula is C16H14N2O2S. The maximum Gasteiger partial charge on any atom is 0.247 e. The van der Waals surface area contributed by atoms with Crippen LogP contribution in [0, 0.1) is 6.92 Å². The predicted octanol–water partition coefficient (Wildman–Crippen LogP) is 4.04. The molecule has 21 heavy (non-hydrogen) atoms. The zero-order valence-electron chi connectivity index (χ0n) is 11.5. The standard InChI is InChI=1S/C16H14N2O2S/c1-11-3-2-4-12(9-11)16-18-17-15(20-16)10-21-14-7-5-13(19)6-8-14/h2-9,19H,10H2,1H3. The van der Waals surface area contributed by atoms with Gasteiger partial charge in [0.15, 0.2) is 0 Å². The van der Waals surface area contributed by atoms with Gasteiger partial charge in [-0.2, -0.15) is 0 Å². The van der Waals surface area contributed by atoms with Crippen molar-refractivity contribution in [2.45, 2.75) is 17.6 Å². The van der Waals surface area contributed by atoms with Crippen molar-refractivity contribution < 1.29 is 9.52 Å². The van der Waals surface area contributed by atoms with Gasteiger partial charge in [0.2, 0.25) is 11.8 Å². The number of phenols is 1. The Kier molecular flexibility index (Phi) is 3.92. The minimum atomic E-state index is 0.263. The van der Waals surface area contributed by atoms with Gasteiger partial charge in [-0.1, -0.05) is 17.7 Å². The Morgan fingerprint density at radius 3 is 2.67 bits per heavy atom. The van der Waals surface area contributed by atoms with E-state index in [9.17, 15) is 5.11 Å². The molecule has 0 radical (unpaired) electrons. The lowest BCUT2D eigenvalue weighted by Gasteiger charge is -1.98. The molecule has 5 heteroatoms. The fraction of sp³-hybridized carbons (Fsp3) is 0.125. The summed E-state index contributed by atoms with van der Waals surface area (Å²) < 4.78 is 5.68. The van der Waals surface area contributed by atoms with Crippen molar-refractivity contribution in [2.75, 3.05) is 0 Å². The van der Waals surface area contributed by atoms with E-state index in [4.69, 9.17) is 4.42 Å². The van der Waals surface area contributed by atoms with E-state index in [0.717, 1.165) is 16.0 Å². The Labute approximate surface area is 126 Å². The molecule has 0 spiro atoms. The molecule has 0 aliphatic heterocycles. The van der Waals surface area contributed by atoms with Gasteiger partial charge in [-0.3, -0.25) is 0 Å². The lowest BCUT2D eigenvalue weighted by atomic mass is 10.1. The second-order valence-electron chi connectivity index (χ2n) is 4.65. The summed E-state index contributed by atoms with van der Waals surface area (Å²) in [5.41, 5.74) is 2.09. The van der Waals surface area contributed by atoms with Crippen LogP contribution in [0.4, 0.5) is 0 Å². The SMILES string of the molecule is Cc1cccc(-c2nnc(CSc3ccc(O)cc3)o2)c1. The van der Waals surface area contributed by atoms with Crippen molar-refractivity contribution >= 4 is 11.8 Å². The van der Waals surface area contributed by atoms with Crippen LogP contribution >= 0.6 is 11.8 Å². The third-order valence-corrected chi connectivity index (χ3v) is 3.93. The molecule has 1 aromatic heterocycles. The maximum atomic E-state index is 9.24. The molecule has 0 bridgehead atoms. The largest absolute Gasteiger partial charge is 0.508 e. The van der Waals surface area contributed by atoms with E-state index in [-0.39, 0.29) is 5.75 Å². The van der Waals surface area contributed by atoms with Gasteiger partial charge in [0.1, 0.15) is 5.75 Å². The van der Waals surface area contributed by atoms with Crippen molar-refractivity contribution in [2.24, 2.45) is 0 Å². The predicted molar refractivity (Wildman–Crippen MR) is 82.1 cm³/mol. The van der Waals surface area contributed by atoms with E-state index in [1.165, 1.54) is 0 Å². The number of aryl methyl sites for hydroxylation is 1. The van der Waals surface area contributed by atoms with Gasteiger partial charge in [-0.25, -0.2) is 0 Å². The summed E-state index contributed by atoms with van der Waals surface area (Å²) in [6, 6.07) is 15.0. The first-order chi connectivity index (χ1) is 10.2. The molecule has 4 nitrogen and oxygen atoms in total. The van der Waals surface area contributed by atoms with Gasteiger partial charge in [-0.05, 0) is 43.3 Å². The molecule has 106 valence electrons. The Morgan fingerprint density at radius 1 is 1.10 bits per heavy atom. The van der Waals surface area contributed by atoms with Crippen LogP contribution in [-0.4, -0.2) is 15.3 Å². The van der Waals surface area contributed by atoms with Gasteiger partial charge < -0.3 is 9.52 Å². The smallest absolute Gasteiger partial charge is 0.247 e. The quantitative estimate of drug-likeness (QED) is 0.736. The van der Waals surface area contributed by atoms with Crippen LogP contribution in [-0.2, 0) is 5.75 Å². The number of thioether (sulfide) groups is 1.